The molecule has 2 N–H and O–H groups in total. The number of fused-ring (bicyclic) bond motifs is 1. The molecule has 2 heterocycles. The fourth-order valence-corrected chi connectivity index (χ4v) is 6.70. The largest absolute Gasteiger partial charge is 0.352 e. The Labute approximate surface area is 186 Å². The molecule has 31 heavy (non-hydrogen) atoms. The number of hydrogen-bond donors (Lipinski definition) is 2. The van der Waals surface area contributed by atoms with Gasteiger partial charge in [0.25, 0.3) is 0 Å². The Morgan fingerprint density at radius 3 is 2.65 bits per heavy atom. The molecule has 2 aliphatic heterocycles. The molecule has 2 saturated carbocycles. The van der Waals surface area contributed by atoms with E-state index in [1.807, 2.05) is 4.90 Å². The first kappa shape index (κ1) is 23.0. The first-order chi connectivity index (χ1) is 14.9. The van der Waals surface area contributed by atoms with Crippen molar-refractivity contribution < 1.29 is 14.0 Å². The van der Waals surface area contributed by atoms with Crippen LogP contribution in [0.4, 0.5) is 4.39 Å². The molecule has 0 radical (unpaired) electrons. The van der Waals surface area contributed by atoms with Gasteiger partial charge in [-0.15, -0.1) is 0 Å². The van der Waals surface area contributed by atoms with Gasteiger partial charge in [0.15, 0.2) is 0 Å². The molecule has 4 fully saturated rings. The number of piperazine rings is 1. The lowest BCUT2D eigenvalue weighted by molar-refractivity contribution is -0.134. The van der Waals surface area contributed by atoms with Gasteiger partial charge in [0.2, 0.25) is 11.8 Å². The summed E-state index contributed by atoms with van der Waals surface area (Å²) in [6.07, 6.45) is 6.66. The molecule has 0 bridgehead atoms. The van der Waals surface area contributed by atoms with Gasteiger partial charge in [-0.3, -0.25) is 14.5 Å². The highest BCUT2D eigenvalue weighted by Crippen LogP contribution is 2.38. The third-order valence-electron chi connectivity index (χ3n) is 8.55. The Kier molecular flexibility index (Phi) is 7.21. The number of nitrogens with zero attached hydrogens (tertiary/aromatic N) is 2. The number of amides is 2. The number of halogens is 1. The van der Waals surface area contributed by atoms with Gasteiger partial charge in [-0.1, -0.05) is 13.8 Å². The van der Waals surface area contributed by atoms with Crippen molar-refractivity contribution in [3.63, 3.8) is 0 Å². The molecule has 4 rings (SSSR count). The van der Waals surface area contributed by atoms with Crippen LogP contribution in [0.3, 0.4) is 0 Å². The molecular weight excluding hydrogens is 395 g/mol. The fourth-order valence-electron chi connectivity index (χ4n) is 6.70. The summed E-state index contributed by atoms with van der Waals surface area (Å²) in [5.74, 6) is 0.665. The van der Waals surface area contributed by atoms with Crippen molar-refractivity contribution in [3.8, 4) is 0 Å². The van der Waals surface area contributed by atoms with Crippen LogP contribution in [0.25, 0.3) is 0 Å². The molecular formula is C24H41FN4O2. The molecule has 5 unspecified atom stereocenters. The molecule has 2 aliphatic carbocycles. The Morgan fingerprint density at radius 1 is 1.13 bits per heavy atom. The molecule has 0 aromatic carbocycles. The summed E-state index contributed by atoms with van der Waals surface area (Å²) in [7, 11) is 0. The van der Waals surface area contributed by atoms with E-state index in [-0.39, 0.29) is 35.9 Å². The molecule has 2 saturated heterocycles. The summed E-state index contributed by atoms with van der Waals surface area (Å²) < 4.78 is 14.4. The molecule has 2 amide bonds. The van der Waals surface area contributed by atoms with Crippen LogP contribution < -0.4 is 10.6 Å². The van der Waals surface area contributed by atoms with E-state index >= 15 is 0 Å². The predicted molar refractivity (Wildman–Crippen MR) is 119 cm³/mol. The molecule has 0 aromatic heterocycles. The zero-order chi connectivity index (χ0) is 22.1. The lowest BCUT2D eigenvalue weighted by atomic mass is 9.77. The van der Waals surface area contributed by atoms with Gasteiger partial charge in [-0.2, -0.15) is 0 Å². The zero-order valence-electron chi connectivity index (χ0n) is 19.5. The maximum Gasteiger partial charge on any atom is 0.237 e. The second-order valence-electron chi connectivity index (χ2n) is 10.5. The first-order valence-electron chi connectivity index (χ1n) is 12.6. The van der Waals surface area contributed by atoms with Crippen molar-refractivity contribution >= 4 is 11.8 Å². The van der Waals surface area contributed by atoms with Gasteiger partial charge < -0.3 is 15.5 Å². The fraction of sp³-hybridized carbons (Fsp3) is 0.917. The molecule has 7 heteroatoms. The maximum atomic E-state index is 14.4. The van der Waals surface area contributed by atoms with Gasteiger partial charge in [0.1, 0.15) is 6.17 Å². The topological polar surface area (TPSA) is 64.7 Å². The Balaban J connectivity index is 1.30. The van der Waals surface area contributed by atoms with Crippen LogP contribution in [-0.2, 0) is 9.59 Å². The lowest BCUT2D eigenvalue weighted by Gasteiger charge is -2.46. The number of hydrogen-bond acceptors (Lipinski definition) is 4. The van der Waals surface area contributed by atoms with Crippen LogP contribution >= 0.6 is 0 Å². The monoisotopic (exact) mass is 436 g/mol. The van der Waals surface area contributed by atoms with Crippen molar-refractivity contribution in [1.29, 1.82) is 0 Å². The summed E-state index contributed by atoms with van der Waals surface area (Å²) in [6.45, 7) is 8.67. The average Bonchev–Trinajstić information content (AvgIpc) is 3.23. The van der Waals surface area contributed by atoms with Gasteiger partial charge in [-0.25, -0.2) is 4.39 Å². The number of rotatable bonds is 4. The summed E-state index contributed by atoms with van der Waals surface area (Å²) in [4.78, 5) is 29.5. The van der Waals surface area contributed by atoms with Crippen LogP contribution in [0.2, 0.25) is 0 Å². The first-order valence-corrected chi connectivity index (χ1v) is 12.6. The molecule has 4 aliphatic rings. The number of nitrogens with one attached hydrogen (secondary N) is 2. The van der Waals surface area contributed by atoms with E-state index in [0.717, 1.165) is 58.2 Å². The molecule has 0 aromatic rings. The summed E-state index contributed by atoms with van der Waals surface area (Å²) in [5.41, 5.74) is 0. The minimum Gasteiger partial charge on any atom is -0.352 e. The van der Waals surface area contributed by atoms with E-state index < -0.39 is 6.17 Å². The van der Waals surface area contributed by atoms with E-state index in [9.17, 15) is 14.0 Å². The Bertz CT molecular complexity index is 643. The van der Waals surface area contributed by atoms with Crippen molar-refractivity contribution in [1.82, 2.24) is 20.4 Å². The Morgan fingerprint density at radius 2 is 1.94 bits per heavy atom. The van der Waals surface area contributed by atoms with E-state index in [0.29, 0.717) is 30.8 Å². The number of carbonyl (C=O) groups is 2. The van der Waals surface area contributed by atoms with Gasteiger partial charge in [-0.05, 0) is 57.3 Å². The smallest absolute Gasteiger partial charge is 0.237 e. The third kappa shape index (κ3) is 4.92. The molecule has 6 nitrogen and oxygen atoms in total. The SMILES string of the molecule is CC[C@@H]1CN([C@@H]2CCC[C@@H](NC(=O)C3CC4C(F)CCC(C)C4N3)C2)CCN1C(C)=O. The van der Waals surface area contributed by atoms with Crippen LogP contribution in [0, 0.1) is 11.8 Å². The van der Waals surface area contributed by atoms with Crippen LogP contribution in [0.1, 0.15) is 72.1 Å². The van der Waals surface area contributed by atoms with Crippen molar-refractivity contribution in [3.05, 3.63) is 0 Å². The van der Waals surface area contributed by atoms with Crippen molar-refractivity contribution in [2.45, 2.75) is 109 Å². The van der Waals surface area contributed by atoms with Crippen LogP contribution in [0.5, 0.6) is 0 Å². The normalized spacial score (nSPS) is 41.6. The van der Waals surface area contributed by atoms with E-state index in [4.69, 9.17) is 0 Å². The highest BCUT2D eigenvalue weighted by Gasteiger charge is 2.46. The van der Waals surface area contributed by atoms with Gasteiger partial charge >= 0.3 is 0 Å². The van der Waals surface area contributed by atoms with Crippen LogP contribution in [0.15, 0.2) is 0 Å². The van der Waals surface area contributed by atoms with E-state index in [2.05, 4.69) is 29.4 Å². The van der Waals surface area contributed by atoms with Gasteiger partial charge in [0, 0.05) is 56.6 Å². The summed E-state index contributed by atoms with van der Waals surface area (Å²) in [6, 6.07) is 0.847. The van der Waals surface area contributed by atoms with Crippen molar-refractivity contribution in [2.24, 2.45) is 11.8 Å². The van der Waals surface area contributed by atoms with E-state index in [1.54, 1.807) is 6.92 Å². The standard InChI is InChI=1S/C24H41FN4O2/c1-4-18-14-28(10-11-29(18)16(3)30)19-7-5-6-17(12-19)26-24(31)22-13-20-21(25)9-8-15(2)23(20)27-22/h15,17-23,27H,4-14H2,1-3H3,(H,26,31)/t15?,17-,18-,19-,20?,21?,22?,23?/m1/s1. The van der Waals surface area contributed by atoms with Crippen molar-refractivity contribution in [2.75, 3.05) is 19.6 Å². The average molecular weight is 437 g/mol. The second-order valence-corrected chi connectivity index (χ2v) is 10.5. The minimum absolute atomic E-state index is 0.0119. The lowest BCUT2D eigenvalue weighted by Crippen LogP contribution is -2.58. The second kappa shape index (κ2) is 9.74. The van der Waals surface area contributed by atoms with E-state index in [1.165, 1.54) is 0 Å². The number of carbonyl (C=O) groups excluding carboxylic acids is 2. The highest BCUT2D eigenvalue weighted by molar-refractivity contribution is 5.82. The Hall–Kier alpha value is -1.21. The third-order valence-corrected chi connectivity index (χ3v) is 8.55. The number of alkyl halides is 1. The quantitative estimate of drug-likeness (QED) is 0.711. The van der Waals surface area contributed by atoms with Crippen LogP contribution in [-0.4, -0.2) is 77.6 Å². The maximum absolute atomic E-state index is 14.4. The predicted octanol–water partition coefficient (Wildman–Crippen LogP) is 2.47. The summed E-state index contributed by atoms with van der Waals surface area (Å²) in [5, 5.41) is 6.77. The molecule has 8 atom stereocenters. The molecule has 0 spiro atoms. The molecule has 176 valence electrons. The minimum atomic E-state index is -0.772. The van der Waals surface area contributed by atoms with Gasteiger partial charge in [0.05, 0.1) is 6.04 Å². The zero-order valence-corrected chi connectivity index (χ0v) is 19.5. The highest BCUT2D eigenvalue weighted by atomic mass is 19.1. The summed E-state index contributed by atoms with van der Waals surface area (Å²) >= 11 is 0.